The molecular weight excluding hydrogens is 341 g/mol. The summed E-state index contributed by atoms with van der Waals surface area (Å²) in [6.45, 7) is 12.2. The normalized spacial score (nSPS) is 13.8. The van der Waals surface area contributed by atoms with Crippen LogP contribution in [0.2, 0.25) is 0 Å². The Labute approximate surface area is 149 Å². The van der Waals surface area contributed by atoms with E-state index < -0.39 is 16.0 Å². The molecule has 0 radical (unpaired) electrons. The van der Waals surface area contributed by atoms with Crippen LogP contribution in [0.5, 0.6) is 0 Å². The maximum absolute atomic E-state index is 14.0. The van der Waals surface area contributed by atoms with E-state index in [9.17, 15) is 13.2 Å². The second-order valence-corrected chi connectivity index (χ2v) is 10.6. The smallest absolute Gasteiger partial charge is 0.118 e. The molecule has 1 aromatic heterocycles. The quantitative estimate of drug-likeness (QED) is 0.356. The highest BCUT2D eigenvalue weighted by molar-refractivity contribution is 7.43. The lowest BCUT2D eigenvalue weighted by atomic mass is 9.86. The molecule has 0 spiro atoms. The van der Waals surface area contributed by atoms with Gasteiger partial charge in [0, 0.05) is 22.9 Å². The molecule has 2 aromatic carbocycles. The Morgan fingerprint density at radius 3 is 1.28 bits per heavy atom. The zero-order chi connectivity index (χ0) is 18.8. The standard InChI is InChI=1S/C21H24F3S/c1-19(2,3)13-7-9-15-16-10-8-14(20(4,5)6)12-18(16)25(17(15)11-13)21(22,23)24/h7-12H,1-6H3/q+1. The van der Waals surface area contributed by atoms with Crippen molar-refractivity contribution < 1.29 is 13.2 Å². The second-order valence-electron chi connectivity index (χ2n) is 8.67. The minimum Gasteiger partial charge on any atom is -0.118 e. The van der Waals surface area contributed by atoms with Gasteiger partial charge in [-0.15, -0.1) is 13.2 Å². The molecule has 0 aliphatic heterocycles. The molecule has 0 aliphatic carbocycles. The first-order chi connectivity index (χ1) is 11.3. The molecule has 0 nitrogen and oxygen atoms in total. The summed E-state index contributed by atoms with van der Waals surface area (Å²) < 4.78 is 42.8. The minimum atomic E-state index is -4.27. The second kappa shape index (κ2) is 5.47. The van der Waals surface area contributed by atoms with Crippen LogP contribution in [-0.4, -0.2) is 0 Å². The largest absolute Gasteiger partial charge is 0.601 e. The average Bonchev–Trinajstić information content (AvgIpc) is 2.77. The SMILES string of the molecule is CC(C)(C)c1ccc2c3ccc(C(C)(C)C)cc3[s+](C(F)(F)F)c2c1. The number of hydrogen-bond acceptors (Lipinski definition) is 0. The predicted octanol–water partition coefficient (Wildman–Crippen LogP) is 7.81. The van der Waals surface area contributed by atoms with Gasteiger partial charge in [0.05, 0.1) is 0 Å². The Morgan fingerprint density at radius 2 is 1.00 bits per heavy atom. The highest BCUT2D eigenvalue weighted by Gasteiger charge is 2.48. The third-order valence-electron chi connectivity index (χ3n) is 4.66. The molecule has 0 unspecified atom stereocenters. The summed E-state index contributed by atoms with van der Waals surface area (Å²) in [5, 5.41) is 1.45. The van der Waals surface area contributed by atoms with Gasteiger partial charge in [-0.2, -0.15) is 0 Å². The van der Waals surface area contributed by atoms with Gasteiger partial charge >= 0.3 is 5.51 Å². The predicted molar refractivity (Wildman–Crippen MR) is 103 cm³/mol. The molecule has 134 valence electrons. The number of alkyl halides is 3. The van der Waals surface area contributed by atoms with Crippen molar-refractivity contribution in [1.82, 2.24) is 0 Å². The first-order valence-corrected chi connectivity index (χ1v) is 9.63. The van der Waals surface area contributed by atoms with Gasteiger partial charge in [-0.25, -0.2) is 0 Å². The van der Waals surface area contributed by atoms with Crippen LogP contribution in [0.25, 0.3) is 20.2 Å². The van der Waals surface area contributed by atoms with Crippen molar-refractivity contribution in [2.45, 2.75) is 57.9 Å². The molecule has 0 saturated heterocycles. The van der Waals surface area contributed by atoms with Gasteiger partial charge in [-0.05, 0) is 34.1 Å². The van der Waals surface area contributed by atoms with E-state index in [1.165, 1.54) is 0 Å². The Balaban J connectivity index is 2.46. The lowest BCUT2D eigenvalue weighted by Gasteiger charge is -2.18. The van der Waals surface area contributed by atoms with E-state index in [-0.39, 0.29) is 10.8 Å². The topological polar surface area (TPSA) is 0 Å². The molecule has 0 fully saturated rings. The summed E-state index contributed by atoms with van der Waals surface area (Å²) >= 11 is 0. The number of hydrogen-bond donors (Lipinski definition) is 0. The molecule has 0 saturated carbocycles. The van der Waals surface area contributed by atoms with E-state index >= 15 is 0 Å². The van der Waals surface area contributed by atoms with Gasteiger partial charge in [-0.1, -0.05) is 53.7 Å². The molecule has 0 N–H and O–H groups in total. The van der Waals surface area contributed by atoms with Gasteiger partial charge in [0.2, 0.25) is 0 Å². The summed E-state index contributed by atoms with van der Waals surface area (Å²) in [7, 11) is -1.88. The van der Waals surface area contributed by atoms with Crippen molar-refractivity contribution in [2.75, 3.05) is 0 Å². The van der Waals surface area contributed by atoms with Gasteiger partial charge in [-0.3, -0.25) is 0 Å². The minimum absolute atomic E-state index is 0.180. The van der Waals surface area contributed by atoms with Gasteiger partial charge < -0.3 is 0 Å². The van der Waals surface area contributed by atoms with Crippen LogP contribution in [0, 0.1) is 0 Å². The fourth-order valence-electron chi connectivity index (χ4n) is 3.13. The molecular formula is C21H24F3S+. The van der Waals surface area contributed by atoms with Crippen LogP contribution in [0.1, 0.15) is 52.7 Å². The van der Waals surface area contributed by atoms with Crippen molar-refractivity contribution in [1.29, 1.82) is 0 Å². The number of halogens is 3. The van der Waals surface area contributed by atoms with Gasteiger partial charge in [0.25, 0.3) is 0 Å². The molecule has 0 amide bonds. The molecule has 0 bridgehead atoms. The molecule has 25 heavy (non-hydrogen) atoms. The van der Waals surface area contributed by atoms with E-state index in [1.54, 1.807) is 12.1 Å². The third-order valence-corrected chi connectivity index (χ3v) is 6.67. The maximum Gasteiger partial charge on any atom is 0.601 e. The summed E-state index contributed by atoms with van der Waals surface area (Å²) in [4.78, 5) is 0. The summed E-state index contributed by atoms with van der Waals surface area (Å²) in [5.74, 6) is 0. The van der Waals surface area contributed by atoms with E-state index in [0.717, 1.165) is 21.9 Å². The van der Waals surface area contributed by atoms with Gasteiger partial charge in [0.15, 0.2) is 9.40 Å². The monoisotopic (exact) mass is 365 g/mol. The molecule has 0 aliphatic rings. The number of thiophene rings is 1. The van der Waals surface area contributed by atoms with Crippen LogP contribution in [0.15, 0.2) is 36.4 Å². The Morgan fingerprint density at radius 1 is 0.640 bits per heavy atom. The number of fused-ring (bicyclic) bond motifs is 3. The van der Waals surface area contributed by atoms with E-state index in [4.69, 9.17) is 0 Å². The van der Waals surface area contributed by atoms with E-state index in [0.29, 0.717) is 9.40 Å². The van der Waals surface area contributed by atoms with Crippen molar-refractivity contribution in [2.24, 2.45) is 0 Å². The zero-order valence-electron chi connectivity index (χ0n) is 15.5. The van der Waals surface area contributed by atoms with Crippen molar-refractivity contribution in [3.05, 3.63) is 47.5 Å². The highest BCUT2D eigenvalue weighted by Crippen LogP contribution is 2.55. The van der Waals surface area contributed by atoms with E-state index in [1.807, 2.05) is 65.8 Å². The molecule has 0 atom stereocenters. The van der Waals surface area contributed by atoms with Crippen molar-refractivity contribution in [3.8, 4) is 0 Å². The lowest BCUT2D eigenvalue weighted by molar-refractivity contribution is -0.0862. The Hall–Kier alpha value is -1.55. The lowest BCUT2D eigenvalue weighted by Crippen LogP contribution is -2.10. The number of benzene rings is 2. The van der Waals surface area contributed by atoms with Crippen LogP contribution >= 0.6 is 10.5 Å². The summed E-state index contributed by atoms with van der Waals surface area (Å²) in [6.07, 6.45) is 0. The first kappa shape index (κ1) is 18.2. The molecule has 4 heteroatoms. The summed E-state index contributed by atoms with van der Waals surface area (Å²) in [5.41, 5.74) is -2.75. The fraction of sp³-hybridized carbons (Fsp3) is 0.429. The Kier molecular flexibility index (Phi) is 3.99. The molecule has 1 heterocycles. The third kappa shape index (κ3) is 3.17. The van der Waals surface area contributed by atoms with Crippen LogP contribution in [-0.2, 0) is 16.3 Å². The highest BCUT2D eigenvalue weighted by atomic mass is 32.2. The average molecular weight is 365 g/mol. The molecule has 3 rings (SSSR count). The fourth-order valence-corrected chi connectivity index (χ4v) is 5.15. The molecule has 3 aromatic rings. The Bertz CT molecular complexity index is 876. The number of rotatable bonds is 0. The van der Waals surface area contributed by atoms with Crippen molar-refractivity contribution in [3.63, 3.8) is 0 Å². The first-order valence-electron chi connectivity index (χ1n) is 8.41. The van der Waals surface area contributed by atoms with Gasteiger partial charge in [0.1, 0.15) is 10.5 Å². The van der Waals surface area contributed by atoms with Crippen LogP contribution < -0.4 is 0 Å². The summed E-state index contributed by atoms with van der Waals surface area (Å²) in [6, 6.07) is 11.2. The van der Waals surface area contributed by atoms with Crippen LogP contribution in [0.3, 0.4) is 0 Å². The van der Waals surface area contributed by atoms with Crippen molar-refractivity contribution >= 4 is 30.6 Å². The van der Waals surface area contributed by atoms with Crippen LogP contribution in [0.4, 0.5) is 13.2 Å². The zero-order valence-corrected chi connectivity index (χ0v) is 16.3. The van der Waals surface area contributed by atoms with E-state index in [2.05, 4.69) is 0 Å². The maximum atomic E-state index is 14.0.